The van der Waals surface area contributed by atoms with Crippen molar-refractivity contribution in [3.05, 3.63) is 30.0 Å². The molecular formula is C10H9N5O2S2. The first kappa shape index (κ1) is 12.1. The van der Waals surface area contributed by atoms with E-state index in [0.717, 1.165) is 17.0 Å². The molecule has 2 aromatic rings. The number of fused-ring (bicyclic) bond motifs is 1. The van der Waals surface area contributed by atoms with Gasteiger partial charge in [0.1, 0.15) is 16.3 Å². The van der Waals surface area contributed by atoms with Gasteiger partial charge in [-0.25, -0.2) is 8.42 Å². The number of nitrogens with one attached hydrogen (secondary N) is 2. The predicted octanol–water partition coefficient (Wildman–Crippen LogP) is 2.25. The van der Waals surface area contributed by atoms with Crippen molar-refractivity contribution in [2.75, 3.05) is 4.72 Å². The number of rotatable bonds is 3. The van der Waals surface area contributed by atoms with Gasteiger partial charge in [-0.1, -0.05) is 6.07 Å². The van der Waals surface area contributed by atoms with E-state index < -0.39 is 10.0 Å². The van der Waals surface area contributed by atoms with Crippen LogP contribution in [0.15, 0.2) is 37.9 Å². The van der Waals surface area contributed by atoms with Crippen LogP contribution in [0.3, 0.4) is 0 Å². The molecule has 1 aliphatic heterocycles. The van der Waals surface area contributed by atoms with Crippen LogP contribution in [0.1, 0.15) is 5.69 Å². The zero-order chi connectivity index (χ0) is 13.5. The number of hydrogen-bond donors (Lipinski definition) is 2. The number of aromatic nitrogens is 2. The third kappa shape index (κ3) is 2.17. The number of benzene rings is 1. The van der Waals surface area contributed by atoms with Crippen LogP contribution in [-0.2, 0) is 21.4 Å². The molecule has 9 heteroatoms. The molecule has 0 atom stereocenters. The van der Waals surface area contributed by atoms with E-state index in [2.05, 4.69) is 23.6 Å². The molecule has 19 heavy (non-hydrogen) atoms. The fourth-order valence-corrected chi connectivity index (χ4v) is 3.42. The molecule has 0 saturated carbocycles. The highest BCUT2D eigenvalue weighted by molar-refractivity contribution is 7.93. The molecule has 0 bridgehead atoms. The summed E-state index contributed by atoms with van der Waals surface area (Å²) in [7, 11) is -3.72. The number of hydrogen-bond acceptors (Lipinski definition) is 5. The van der Waals surface area contributed by atoms with Crippen molar-refractivity contribution in [3.63, 3.8) is 0 Å². The summed E-state index contributed by atoms with van der Waals surface area (Å²) in [5.74, 6) is 0.248. The van der Waals surface area contributed by atoms with E-state index in [4.69, 9.17) is 0 Å². The lowest BCUT2D eigenvalue weighted by molar-refractivity contribution is 0.601. The van der Waals surface area contributed by atoms with Crippen LogP contribution >= 0.6 is 0 Å². The Hall–Kier alpha value is -2.00. The average Bonchev–Trinajstić information content (AvgIpc) is 2.96. The number of aryl methyl sites for hydroxylation is 1. The zero-order valence-electron chi connectivity index (χ0n) is 9.78. The summed E-state index contributed by atoms with van der Waals surface area (Å²) in [6.45, 7) is 1.79. The Bertz CT molecular complexity index is 818. The Balaban J connectivity index is 2.02. The molecule has 0 radical (unpaired) electrons. The normalized spacial score (nSPS) is 13.1. The van der Waals surface area contributed by atoms with Crippen molar-refractivity contribution in [3.8, 4) is 0 Å². The fraction of sp³-hybridized carbons (Fsp3) is 0.100. The third-order valence-electron chi connectivity index (χ3n) is 2.48. The molecule has 1 aromatic carbocycles. The van der Waals surface area contributed by atoms with Crippen molar-refractivity contribution in [1.82, 2.24) is 10.2 Å². The van der Waals surface area contributed by atoms with Gasteiger partial charge >= 0.3 is 0 Å². The first-order valence-electron chi connectivity index (χ1n) is 5.32. The van der Waals surface area contributed by atoms with Gasteiger partial charge in [0.05, 0.1) is 11.4 Å². The molecule has 2 heterocycles. The summed E-state index contributed by atoms with van der Waals surface area (Å²) in [6.07, 6.45) is 0. The lowest BCUT2D eigenvalue weighted by Gasteiger charge is -2.07. The van der Waals surface area contributed by atoms with E-state index in [0.29, 0.717) is 11.4 Å². The molecule has 0 aliphatic carbocycles. The van der Waals surface area contributed by atoms with Crippen LogP contribution in [0.5, 0.6) is 0 Å². The van der Waals surface area contributed by atoms with Gasteiger partial charge in [-0.3, -0.25) is 9.82 Å². The van der Waals surface area contributed by atoms with Gasteiger partial charge in [-0.15, -0.1) is 0 Å². The van der Waals surface area contributed by atoms with E-state index >= 15 is 0 Å². The number of nitrogens with zero attached hydrogens (tertiary/aromatic N) is 3. The Kier molecular flexibility index (Phi) is 2.72. The highest BCUT2D eigenvalue weighted by Gasteiger charge is 2.23. The van der Waals surface area contributed by atoms with Gasteiger partial charge in [-0.2, -0.15) is 13.8 Å². The number of sulfonamides is 1. The van der Waals surface area contributed by atoms with E-state index in [1.807, 2.05) is 0 Å². The topological polar surface area (TPSA) is 99.6 Å². The Morgan fingerprint density at radius 1 is 1.32 bits per heavy atom. The molecule has 2 N–H and O–H groups in total. The van der Waals surface area contributed by atoms with E-state index in [1.54, 1.807) is 25.1 Å². The molecule has 98 valence electrons. The van der Waals surface area contributed by atoms with E-state index in [1.165, 1.54) is 6.07 Å². The molecule has 0 spiro atoms. The highest BCUT2D eigenvalue weighted by Crippen LogP contribution is 2.37. The second kappa shape index (κ2) is 4.28. The third-order valence-corrected chi connectivity index (χ3v) is 4.41. The number of aromatic amines is 1. The second-order valence-electron chi connectivity index (χ2n) is 3.93. The van der Waals surface area contributed by atoms with Crippen LogP contribution in [0.25, 0.3) is 0 Å². The molecule has 3 rings (SSSR count). The largest absolute Gasteiger partial charge is 0.281 e. The quantitative estimate of drug-likeness (QED) is 0.775. The van der Waals surface area contributed by atoms with Crippen molar-refractivity contribution >= 4 is 38.6 Å². The van der Waals surface area contributed by atoms with Crippen molar-refractivity contribution in [1.29, 1.82) is 0 Å². The zero-order valence-corrected chi connectivity index (χ0v) is 11.4. The minimum Gasteiger partial charge on any atom is -0.281 e. The van der Waals surface area contributed by atoms with Gasteiger partial charge in [0.2, 0.25) is 0 Å². The number of H-pyrrole nitrogens is 1. The lowest BCUT2D eigenvalue weighted by atomic mass is 10.3. The molecule has 0 saturated heterocycles. The maximum atomic E-state index is 12.3. The molecule has 1 aliphatic rings. The highest BCUT2D eigenvalue weighted by atomic mass is 32.2. The van der Waals surface area contributed by atoms with Crippen molar-refractivity contribution in [2.24, 2.45) is 8.73 Å². The van der Waals surface area contributed by atoms with E-state index in [-0.39, 0.29) is 10.7 Å². The molecule has 0 unspecified atom stereocenters. The summed E-state index contributed by atoms with van der Waals surface area (Å²) in [6, 6.07) is 6.45. The smallest absolute Gasteiger partial charge is 0.265 e. The minimum absolute atomic E-state index is 0.0967. The summed E-state index contributed by atoms with van der Waals surface area (Å²) in [4.78, 5) is 0.0967. The molecule has 0 amide bonds. The SMILES string of the molecule is Cc1cc(NS(=O)(=O)c2cccc3c2N=S=N3)n[nH]1. The monoisotopic (exact) mass is 295 g/mol. The Labute approximate surface area is 113 Å². The van der Waals surface area contributed by atoms with Crippen LogP contribution in [-0.4, -0.2) is 18.6 Å². The first-order valence-corrected chi connectivity index (χ1v) is 7.54. The van der Waals surface area contributed by atoms with Crippen LogP contribution < -0.4 is 4.72 Å². The van der Waals surface area contributed by atoms with Crippen molar-refractivity contribution < 1.29 is 8.42 Å². The maximum Gasteiger partial charge on any atom is 0.265 e. The lowest BCUT2D eigenvalue weighted by Crippen LogP contribution is -2.13. The molecule has 0 fully saturated rings. The second-order valence-corrected chi connectivity index (χ2v) is 6.11. The molecular weight excluding hydrogens is 286 g/mol. The van der Waals surface area contributed by atoms with Crippen molar-refractivity contribution in [2.45, 2.75) is 11.8 Å². The fourth-order valence-electron chi connectivity index (χ4n) is 1.66. The van der Waals surface area contributed by atoms with Gasteiger partial charge in [0.15, 0.2) is 5.82 Å². The average molecular weight is 295 g/mol. The first-order chi connectivity index (χ1) is 9.06. The maximum absolute atomic E-state index is 12.3. The van der Waals surface area contributed by atoms with Crippen LogP contribution in [0.2, 0.25) is 0 Å². The summed E-state index contributed by atoms with van der Waals surface area (Å²) in [5.41, 5.74) is 1.70. The summed E-state index contributed by atoms with van der Waals surface area (Å²) < 4.78 is 35.0. The predicted molar refractivity (Wildman–Crippen MR) is 72.1 cm³/mol. The molecule has 1 aromatic heterocycles. The van der Waals surface area contributed by atoms with Crippen LogP contribution in [0, 0.1) is 6.92 Å². The number of anilines is 1. The standard InChI is InChI=1S/C10H9N5O2S2/c1-6-5-9(12-11-6)15-19(16,17)8-4-2-3-7-10(8)14-18-13-7/h2-5H,1H3,(H2,11,12,15). The van der Waals surface area contributed by atoms with Crippen LogP contribution in [0.4, 0.5) is 17.2 Å². The van der Waals surface area contributed by atoms with Gasteiger partial charge < -0.3 is 0 Å². The minimum atomic E-state index is -3.72. The Morgan fingerprint density at radius 2 is 2.16 bits per heavy atom. The van der Waals surface area contributed by atoms with E-state index in [9.17, 15) is 8.42 Å². The van der Waals surface area contributed by atoms with Gasteiger partial charge in [0, 0.05) is 11.8 Å². The Morgan fingerprint density at radius 3 is 2.89 bits per heavy atom. The van der Waals surface area contributed by atoms with Gasteiger partial charge in [-0.05, 0) is 19.1 Å². The van der Waals surface area contributed by atoms with Gasteiger partial charge in [0.25, 0.3) is 10.0 Å². The summed E-state index contributed by atoms with van der Waals surface area (Å²) in [5, 5.41) is 6.52. The molecule has 7 nitrogen and oxygen atoms in total. The summed E-state index contributed by atoms with van der Waals surface area (Å²) >= 11 is 0.980.